The number of ether oxygens (including phenoxy) is 2. The summed E-state index contributed by atoms with van der Waals surface area (Å²) in [6, 6.07) is 25.3. The van der Waals surface area contributed by atoms with Gasteiger partial charge in [-0.3, -0.25) is 0 Å². The fraction of sp³-hybridized carbons (Fsp3) is 0.561. The van der Waals surface area contributed by atoms with Gasteiger partial charge in [-0.15, -0.1) is 0 Å². The molecule has 3 N–H and O–H groups in total. The first-order valence-electron chi connectivity index (χ1n) is 18.3. The van der Waals surface area contributed by atoms with Crippen LogP contribution in [-0.4, -0.2) is 35.7 Å². The van der Waals surface area contributed by atoms with Gasteiger partial charge in [0.1, 0.15) is 0 Å². The van der Waals surface area contributed by atoms with E-state index in [-0.39, 0.29) is 18.8 Å². The largest absolute Gasteiger partial charge is 0.392 e. The van der Waals surface area contributed by atoms with Crippen molar-refractivity contribution < 1.29 is 14.6 Å². The van der Waals surface area contributed by atoms with E-state index in [0.29, 0.717) is 6.54 Å². The minimum absolute atomic E-state index is 0.0482. The molecule has 0 aliphatic carbocycles. The molecular weight excluding hydrogens is 568 g/mol. The van der Waals surface area contributed by atoms with Gasteiger partial charge in [0.15, 0.2) is 6.29 Å². The lowest BCUT2D eigenvalue weighted by atomic mass is 9.98. The number of hydrogen-bond acceptors (Lipinski definition) is 5. The SMILES string of the molecule is CCCCCCCCN(CCCCCCCC)C[C@H]1C[C@@H](c2ccc(CO)cc2)O[C@@H](c2ccc(-c3cccc(CN)c3)cc2)O1. The molecule has 1 fully saturated rings. The Labute approximate surface area is 279 Å². The van der Waals surface area contributed by atoms with Gasteiger partial charge in [0.2, 0.25) is 0 Å². The molecule has 0 amide bonds. The smallest absolute Gasteiger partial charge is 0.184 e. The number of rotatable bonds is 21. The maximum atomic E-state index is 9.60. The van der Waals surface area contributed by atoms with Crippen molar-refractivity contribution in [3.63, 3.8) is 0 Å². The lowest BCUT2D eigenvalue weighted by molar-refractivity contribution is -0.253. The van der Waals surface area contributed by atoms with Crippen molar-refractivity contribution in [1.82, 2.24) is 4.90 Å². The molecule has 4 rings (SSSR count). The quantitative estimate of drug-likeness (QED) is 0.115. The predicted octanol–water partition coefficient (Wildman–Crippen LogP) is 9.87. The summed E-state index contributed by atoms with van der Waals surface area (Å²) < 4.78 is 13.5. The minimum atomic E-state index is -0.435. The zero-order chi connectivity index (χ0) is 32.4. The molecule has 5 heteroatoms. The Hall–Kier alpha value is -2.54. The van der Waals surface area contributed by atoms with E-state index in [2.05, 4.69) is 79.4 Å². The zero-order valence-corrected chi connectivity index (χ0v) is 28.7. The first-order valence-corrected chi connectivity index (χ1v) is 18.3. The van der Waals surface area contributed by atoms with E-state index >= 15 is 0 Å². The van der Waals surface area contributed by atoms with E-state index in [1.807, 2.05) is 12.1 Å². The van der Waals surface area contributed by atoms with Crippen LogP contribution in [0, 0.1) is 0 Å². The number of benzene rings is 3. The lowest BCUT2D eigenvalue weighted by Crippen LogP contribution is -2.40. The average Bonchev–Trinajstić information content (AvgIpc) is 3.11. The Morgan fingerprint density at radius 3 is 1.89 bits per heavy atom. The Balaban J connectivity index is 1.47. The number of unbranched alkanes of at least 4 members (excludes halogenated alkanes) is 10. The molecular formula is C41H60N2O3. The highest BCUT2D eigenvalue weighted by atomic mass is 16.7. The van der Waals surface area contributed by atoms with E-state index in [9.17, 15) is 5.11 Å². The summed E-state index contributed by atoms with van der Waals surface area (Å²) in [6.45, 7) is 8.36. The lowest BCUT2D eigenvalue weighted by Gasteiger charge is -2.38. The molecule has 1 aliphatic heterocycles. The average molecular weight is 629 g/mol. The van der Waals surface area contributed by atoms with Gasteiger partial charge in [-0.2, -0.15) is 0 Å². The van der Waals surface area contributed by atoms with Gasteiger partial charge < -0.3 is 25.2 Å². The maximum absolute atomic E-state index is 9.60. The molecule has 5 nitrogen and oxygen atoms in total. The minimum Gasteiger partial charge on any atom is -0.392 e. The van der Waals surface area contributed by atoms with E-state index in [4.69, 9.17) is 15.2 Å². The molecule has 3 atom stereocenters. The standard InChI is InChI=1S/C41H60N2O3/c1-3-5-7-9-11-13-26-43(27-14-12-10-8-6-4-2)31-39-29-40(36-20-18-33(32-44)19-21-36)46-41(45-39)37-24-22-35(23-25-37)38-17-15-16-34(28-38)30-42/h15-25,28,39-41,44H,3-14,26-27,29-32,42H2,1-2H3/t39-,40+,41+/m1/s1. The highest BCUT2D eigenvalue weighted by Crippen LogP contribution is 2.38. The van der Waals surface area contributed by atoms with Crippen LogP contribution in [0.25, 0.3) is 11.1 Å². The van der Waals surface area contributed by atoms with Crippen molar-refractivity contribution >= 4 is 0 Å². The third kappa shape index (κ3) is 11.9. The zero-order valence-electron chi connectivity index (χ0n) is 28.7. The van der Waals surface area contributed by atoms with Crippen LogP contribution >= 0.6 is 0 Å². The molecule has 1 heterocycles. The number of aliphatic hydroxyl groups is 1. The molecule has 1 saturated heterocycles. The van der Waals surface area contributed by atoms with Gasteiger partial charge in [-0.25, -0.2) is 0 Å². The van der Waals surface area contributed by atoms with E-state index in [0.717, 1.165) is 53.9 Å². The van der Waals surface area contributed by atoms with Crippen LogP contribution in [0.2, 0.25) is 0 Å². The van der Waals surface area contributed by atoms with Crippen molar-refractivity contribution in [2.45, 2.75) is 129 Å². The van der Waals surface area contributed by atoms with Crippen LogP contribution in [0.4, 0.5) is 0 Å². The van der Waals surface area contributed by atoms with Crippen molar-refractivity contribution in [3.05, 3.63) is 95.1 Å². The van der Waals surface area contributed by atoms with Crippen molar-refractivity contribution in [1.29, 1.82) is 0 Å². The van der Waals surface area contributed by atoms with Gasteiger partial charge in [0.25, 0.3) is 0 Å². The second-order valence-electron chi connectivity index (χ2n) is 13.2. The molecule has 46 heavy (non-hydrogen) atoms. The molecule has 0 radical (unpaired) electrons. The highest BCUT2D eigenvalue weighted by Gasteiger charge is 2.33. The second-order valence-corrected chi connectivity index (χ2v) is 13.2. The van der Waals surface area contributed by atoms with Crippen molar-refractivity contribution in [2.24, 2.45) is 5.73 Å². The number of nitrogens with zero attached hydrogens (tertiary/aromatic N) is 1. The van der Waals surface area contributed by atoms with Gasteiger partial charge in [-0.1, -0.05) is 145 Å². The maximum Gasteiger partial charge on any atom is 0.184 e. The molecule has 0 spiro atoms. The summed E-state index contributed by atoms with van der Waals surface area (Å²) in [6.07, 6.45) is 16.2. The Morgan fingerprint density at radius 1 is 0.674 bits per heavy atom. The van der Waals surface area contributed by atoms with Crippen LogP contribution in [-0.2, 0) is 22.6 Å². The topological polar surface area (TPSA) is 68.0 Å². The van der Waals surface area contributed by atoms with E-state index in [1.165, 1.54) is 82.6 Å². The molecule has 0 unspecified atom stereocenters. The van der Waals surface area contributed by atoms with Crippen molar-refractivity contribution in [2.75, 3.05) is 19.6 Å². The first-order chi connectivity index (χ1) is 22.6. The van der Waals surface area contributed by atoms with Gasteiger partial charge in [-0.05, 0) is 59.8 Å². The monoisotopic (exact) mass is 628 g/mol. The second kappa shape index (κ2) is 20.6. The van der Waals surface area contributed by atoms with Crippen LogP contribution in [0.3, 0.4) is 0 Å². The summed E-state index contributed by atoms with van der Waals surface area (Å²) in [4.78, 5) is 2.67. The van der Waals surface area contributed by atoms with Crippen LogP contribution in [0.15, 0.2) is 72.8 Å². The highest BCUT2D eigenvalue weighted by molar-refractivity contribution is 5.64. The fourth-order valence-electron chi connectivity index (χ4n) is 6.56. The summed E-state index contributed by atoms with van der Waals surface area (Å²) >= 11 is 0. The van der Waals surface area contributed by atoms with Gasteiger partial charge in [0, 0.05) is 25.1 Å². The van der Waals surface area contributed by atoms with E-state index in [1.54, 1.807) is 0 Å². The molecule has 3 aromatic rings. The molecule has 0 bridgehead atoms. The summed E-state index contributed by atoms with van der Waals surface area (Å²) in [7, 11) is 0. The fourth-order valence-corrected chi connectivity index (χ4v) is 6.56. The van der Waals surface area contributed by atoms with Crippen molar-refractivity contribution in [3.8, 4) is 11.1 Å². The Morgan fingerprint density at radius 2 is 1.28 bits per heavy atom. The molecule has 0 saturated carbocycles. The molecule has 252 valence electrons. The van der Waals surface area contributed by atoms with Crippen LogP contribution < -0.4 is 5.73 Å². The normalized spacial score (nSPS) is 18.3. The Kier molecular flexibility index (Phi) is 16.3. The molecule has 3 aromatic carbocycles. The number of hydrogen-bond donors (Lipinski definition) is 2. The summed E-state index contributed by atoms with van der Waals surface area (Å²) in [5.41, 5.74) is 12.5. The molecule has 0 aromatic heterocycles. The van der Waals surface area contributed by atoms with Crippen LogP contribution in [0.5, 0.6) is 0 Å². The number of aliphatic hydroxyl groups excluding tert-OH is 1. The molecule has 1 aliphatic rings. The van der Waals surface area contributed by atoms with Gasteiger partial charge >= 0.3 is 0 Å². The third-order valence-corrected chi connectivity index (χ3v) is 9.41. The van der Waals surface area contributed by atoms with Gasteiger partial charge in [0.05, 0.1) is 18.8 Å². The van der Waals surface area contributed by atoms with E-state index < -0.39 is 6.29 Å². The third-order valence-electron chi connectivity index (χ3n) is 9.41. The summed E-state index contributed by atoms with van der Waals surface area (Å²) in [5, 5.41) is 9.60. The first kappa shape index (κ1) is 36.3. The Bertz CT molecular complexity index is 1210. The van der Waals surface area contributed by atoms with Crippen LogP contribution in [0.1, 0.15) is 132 Å². The predicted molar refractivity (Wildman–Crippen MR) is 191 cm³/mol. The summed E-state index contributed by atoms with van der Waals surface area (Å²) in [5.74, 6) is 0. The number of nitrogens with two attached hydrogens (primary N) is 1.